The molecule has 1 amide bonds. The minimum atomic E-state index is 0.214. The van der Waals surface area contributed by atoms with Gasteiger partial charge in [0.25, 0.3) is 0 Å². The zero-order chi connectivity index (χ0) is 23.1. The number of amides is 1. The molecule has 33 heavy (non-hydrogen) atoms. The Morgan fingerprint density at radius 1 is 0.939 bits per heavy atom. The van der Waals surface area contributed by atoms with Crippen LogP contribution in [0.4, 0.5) is 5.69 Å². The summed E-state index contributed by atoms with van der Waals surface area (Å²) in [4.78, 5) is 14.4. The van der Waals surface area contributed by atoms with Gasteiger partial charge in [-0.2, -0.15) is 5.26 Å². The van der Waals surface area contributed by atoms with E-state index in [4.69, 9.17) is 0 Å². The molecule has 0 radical (unpaired) electrons. The van der Waals surface area contributed by atoms with Gasteiger partial charge < -0.3 is 4.90 Å². The molecular formula is C30H36N2O. The fraction of sp³-hybridized carbons (Fsp3) is 0.533. The van der Waals surface area contributed by atoms with Gasteiger partial charge in [-0.05, 0) is 103 Å². The van der Waals surface area contributed by atoms with Crippen LogP contribution in [0.5, 0.6) is 0 Å². The third-order valence-corrected chi connectivity index (χ3v) is 8.92. The van der Waals surface area contributed by atoms with Crippen molar-refractivity contribution < 1.29 is 4.79 Å². The van der Waals surface area contributed by atoms with E-state index in [1.807, 2.05) is 24.1 Å². The van der Waals surface area contributed by atoms with E-state index in [0.717, 1.165) is 42.3 Å². The van der Waals surface area contributed by atoms with Gasteiger partial charge in [-0.3, -0.25) is 4.79 Å². The maximum atomic E-state index is 12.6. The van der Waals surface area contributed by atoms with Crippen molar-refractivity contribution in [2.75, 3.05) is 11.9 Å². The molecule has 3 heteroatoms. The van der Waals surface area contributed by atoms with Crippen LogP contribution in [0.3, 0.4) is 0 Å². The molecule has 4 aliphatic carbocycles. The van der Waals surface area contributed by atoms with Gasteiger partial charge in [0.1, 0.15) is 0 Å². The summed E-state index contributed by atoms with van der Waals surface area (Å²) < 4.78 is 0. The van der Waals surface area contributed by atoms with Crippen molar-refractivity contribution in [3.8, 4) is 6.07 Å². The second-order valence-corrected chi connectivity index (χ2v) is 11.2. The second-order valence-electron chi connectivity index (χ2n) is 11.2. The van der Waals surface area contributed by atoms with Gasteiger partial charge >= 0.3 is 0 Å². The molecule has 4 fully saturated rings. The van der Waals surface area contributed by atoms with Crippen LogP contribution in [0, 0.1) is 23.2 Å². The average molecular weight is 441 g/mol. The first kappa shape index (κ1) is 22.2. The van der Waals surface area contributed by atoms with Gasteiger partial charge in [0.2, 0.25) is 5.91 Å². The molecule has 4 aliphatic rings. The lowest BCUT2D eigenvalue weighted by molar-refractivity contribution is -0.118. The number of nitriles is 1. The van der Waals surface area contributed by atoms with E-state index in [0.29, 0.717) is 6.42 Å². The number of hydrogen-bond donors (Lipinski definition) is 0. The van der Waals surface area contributed by atoms with Crippen molar-refractivity contribution in [2.45, 2.75) is 82.0 Å². The van der Waals surface area contributed by atoms with Crippen molar-refractivity contribution >= 4 is 11.6 Å². The molecule has 6 rings (SSSR count). The van der Waals surface area contributed by atoms with E-state index < -0.39 is 0 Å². The minimum absolute atomic E-state index is 0.214. The zero-order valence-corrected chi connectivity index (χ0v) is 20.1. The van der Waals surface area contributed by atoms with Crippen LogP contribution in [0.25, 0.3) is 0 Å². The van der Waals surface area contributed by atoms with Crippen LogP contribution < -0.4 is 4.90 Å². The molecule has 0 spiro atoms. The second kappa shape index (κ2) is 8.64. The first-order chi connectivity index (χ1) is 16.0. The molecule has 3 nitrogen and oxygen atoms in total. The van der Waals surface area contributed by atoms with E-state index in [1.54, 1.807) is 0 Å². The number of hydrogen-bond acceptors (Lipinski definition) is 2. The Morgan fingerprint density at radius 2 is 1.48 bits per heavy atom. The standard InChI is InChI=1S/C30H36N2O/c1-3-4-5-6-28(33)32(2)27-13-11-26(12-14-27)30-18-23-15-24(19-30)17-29(16-23,21-30)25-9-7-22(20-31)8-10-25/h7-14,23-24H,3-6,15-19,21H2,1-2H3. The van der Waals surface area contributed by atoms with Gasteiger partial charge in [0.05, 0.1) is 11.6 Å². The summed E-state index contributed by atoms with van der Waals surface area (Å²) in [7, 11) is 1.91. The predicted molar refractivity (Wildman–Crippen MR) is 133 cm³/mol. The number of anilines is 1. The van der Waals surface area contributed by atoms with Crippen LogP contribution in [0.15, 0.2) is 48.5 Å². The summed E-state index contributed by atoms with van der Waals surface area (Å²) in [5.41, 5.74) is 5.16. The van der Waals surface area contributed by atoms with E-state index in [9.17, 15) is 10.1 Å². The molecule has 4 bridgehead atoms. The zero-order valence-electron chi connectivity index (χ0n) is 20.1. The summed E-state index contributed by atoms with van der Waals surface area (Å²) in [6, 6.07) is 19.7. The van der Waals surface area contributed by atoms with Gasteiger partial charge in [0, 0.05) is 19.2 Å². The normalized spacial score (nSPS) is 29.6. The van der Waals surface area contributed by atoms with Crippen LogP contribution in [-0.4, -0.2) is 13.0 Å². The number of benzene rings is 2. The Labute approximate surface area is 198 Å². The van der Waals surface area contributed by atoms with Gasteiger partial charge in [-0.25, -0.2) is 0 Å². The molecule has 2 aromatic carbocycles. The summed E-state index contributed by atoms with van der Waals surface area (Å²) in [6.45, 7) is 2.17. The molecule has 2 atom stereocenters. The smallest absolute Gasteiger partial charge is 0.226 e. The lowest BCUT2D eigenvalue weighted by Crippen LogP contribution is -2.55. The van der Waals surface area contributed by atoms with Crippen molar-refractivity contribution in [1.29, 1.82) is 5.26 Å². The number of rotatable bonds is 7. The molecule has 0 N–H and O–H groups in total. The molecule has 0 aromatic heterocycles. The van der Waals surface area contributed by atoms with E-state index in [1.165, 1.54) is 49.7 Å². The molecule has 0 aliphatic heterocycles. The van der Waals surface area contributed by atoms with E-state index in [2.05, 4.69) is 49.4 Å². The molecule has 0 saturated heterocycles. The maximum absolute atomic E-state index is 12.6. The molecule has 172 valence electrons. The first-order valence-electron chi connectivity index (χ1n) is 12.8. The van der Waals surface area contributed by atoms with Crippen LogP contribution in [0.1, 0.15) is 87.8 Å². The summed E-state index contributed by atoms with van der Waals surface area (Å²) >= 11 is 0. The highest BCUT2D eigenvalue weighted by Gasteiger charge is 2.58. The van der Waals surface area contributed by atoms with E-state index >= 15 is 0 Å². The van der Waals surface area contributed by atoms with Crippen molar-refractivity contribution in [3.05, 3.63) is 65.2 Å². The van der Waals surface area contributed by atoms with Crippen molar-refractivity contribution in [2.24, 2.45) is 11.8 Å². The van der Waals surface area contributed by atoms with Crippen molar-refractivity contribution in [1.82, 2.24) is 0 Å². The highest BCUT2D eigenvalue weighted by atomic mass is 16.2. The maximum Gasteiger partial charge on any atom is 0.226 e. The summed E-state index contributed by atoms with van der Waals surface area (Å²) in [5.74, 6) is 1.81. The Balaban J connectivity index is 1.39. The number of unbranched alkanes of at least 4 members (excludes halogenated alkanes) is 2. The van der Waals surface area contributed by atoms with Gasteiger partial charge in [0.15, 0.2) is 0 Å². The predicted octanol–water partition coefficient (Wildman–Crippen LogP) is 6.89. The third kappa shape index (κ3) is 3.99. The Bertz CT molecular complexity index is 1030. The van der Waals surface area contributed by atoms with Crippen molar-refractivity contribution in [3.63, 3.8) is 0 Å². The first-order valence-corrected chi connectivity index (χ1v) is 12.8. The van der Waals surface area contributed by atoms with Gasteiger partial charge in [-0.15, -0.1) is 0 Å². The number of nitrogens with zero attached hydrogens (tertiary/aromatic N) is 2. The topological polar surface area (TPSA) is 44.1 Å². The average Bonchev–Trinajstić information content (AvgIpc) is 2.83. The Hall–Kier alpha value is -2.60. The van der Waals surface area contributed by atoms with Crippen LogP contribution in [-0.2, 0) is 15.6 Å². The van der Waals surface area contributed by atoms with Crippen LogP contribution in [0.2, 0.25) is 0 Å². The molecule has 0 heterocycles. The monoisotopic (exact) mass is 440 g/mol. The number of carbonyl (C=O) groups is 1. The van der Waals surface area contributed by atoms with Gasteiger partial charge in [-0.1, -0.05) is 44.0 Å². The largest absolute Gasteiger partial charge is 0.316 e. The Kier molecular flexibility index (Phi) is 5.81. The van der Waals surface area contributed by atoms with E-state index in [-0.39, 0.29) is 16.7 Å². The fourth-order valence-corrected chi connectivity index (χ4v) is 7.71. The fourth-order valence-electron chi connectivity index (χ4n) is 7.71. The lowest BCUT2D eigenvalue weighted by atomic mass is 9.42. The summed E-state index contributed by atoms with van der Waals surface area (Å²) in [5, 5.41) is 9.23. The molecular weight excluding hydrogens is 404 g/mol. The molecule has 2 unspecified atom stereocenters. The highest BCUT2D eigenvalue weighted by molar-refractivity contribution is 5.92. The SMILES string of the molecule is CCCCCC(=O)N(C)c1ccc(C23CC4CC(CC(c5ccc(C#N)cc5)(C4)C2)C3)cc1. The molecule has 4 saturated carbocycles. The quantitative estimate of drug-likeness (QED) is 0.440. The Morgan fingerprint density at radius 3 is 2.00 bits per heavy atom. The molecule has 2 aromatic rings. The summed E-state index contributed by atoms with van der Waals surface area (Å²) in [6.07, 6.45) is 11.6. The van der Waals surface area contributed by atoms with Crippen LogP contribution >= 0.6 is 0 Å². The third-order valence-electron chi connectivity index (χ3n) is 8.92. The minimum Gasteiger partial charge on any atom is -0.316 e. The lowest BCUT2D eigenvalue weighted by Gasteiger charge is -2.63. The highest BCUT2D eigenvalue weighted by Crippen LogP contribution is 2.66. The number of carbonyl (C=O) groups excluding carboxylic acids is 1.